The van der Waals surface area contributed by atoms with E-state index in [1.807, 2.05) is 12.1 Å². The number of pyridine rings is 1. The zero-order valence-corrected chi connectivity index (χ0v) is 16.5. The van der Waals surface area contributed by atoms with E-state index >= 15 is 0 Å². The minimum atomic E-state index is -0.450. The number of esters is 1. The lowest BCUT2D eigenvalue weighted by molar-refractivity contribution is 0.0607. The molecule has 1 aliphatic rings. The highest BCUT2D eigenvalue weighted by atomic mass is 32.1. The van der Waals surface area contributed by atoms with Gasteiger partial charge in [-0.25, -0.2) is 19.6 Å². The summed E-state index contributed by atoms with van der Waals surface area (Å²) in [4.78, 5) is 35.9. The lowest BCUT2D eigenvalue weighted by Crippen LogP contribution is -2.33. The molecule has 1 N–H and O–H groups in total. The Kier molecular flexibility index (Phi) is 4.99. The van der Waals surface area contributed by atoms with Crippen LogP contribution in [0.1, 0.15) is 34.8 Å². The second kappa shape index (κ2) is 7.59. The number of amides is 2. The number of ether oxygens (including phenoxy) is 1. The Morgan fingerprint density at radius 3 is 3.04 bits per heavy atom. The molecule has 2 amide bonds. The van der Waals surface area contributed by atoms with Gasteiger partial charge in [0.15, 0.2) is 5.65 Å². The predicted molar refractivity (Wildman–Crippen MR) is 107 cm³/mol. The molecular weight excluding hydrogens is 378 g/mol. The van der Waals surface area contributed by atoms with E-state index in [-0.39, 0.29) is 11.9 Å². The number of urea groups is 1. The van der Waals surface area contributed by atoms with Gasteiger partial charge < -0.3 is 19.5 Å². The molecule has 3 aromatic rings. The summed E-state index contributed by atoms with van der Waals surface area (Å²) in [5, 5.41) is 4.59. The van der Waals surface area contributed by atoms with Gasteiger partial charge in [-0.15, -0.1) is 11.3 Å². The van der Waals surface area contributed by atoms with Gasteiger partial charge in [-0.1, -0.05) is 0 Å². The Hall–Kier alpha value is -2.94. The molecule has 28 heavy (non-hydrogen) atoms. The van der Waals surface area contributed by atoms with Gasteiger partial charge >= 0.3 is 12.0 Å². The number of thiophene rings is 1. The first-order valence-corrected chi connectivity index (χ1v) is 10.0. The minimum Gasteiger partial charge on any atom is -0.465 e. The van der Waals surface area contributed by atoms with Crippen LogP contribution < -0.4 is 5.32 Å². The first-order chi connectivity index (χ1) is 13.6. The van der Waals surface area contributed by atoms with Crippen molar-refractivity contribution in [1.29, 1.82) is 0 Å². The lowest BCUT2D eigenvalue weighted by Gasteiger charge is -2.17. The first kappa shape index (κ1) is 18.4. The zero-order chi connectivity index (χ0) is 19.7. The number of fused-ring (bicyclic) bond motifs is 1. The van der Waals surface area contributed by atoms with Crippen LogP contribution in [0.5, 0.6) is 0 Å². The highest BCUT2D eigenvalue weighted by Gasteiger charge is 2.31. The third-order valence-corrected chi connectivity index (χ3v) is 5.86. The fraction of sp³-hybridized carbons (Fsp3) is 0.368. The van der Waals surface area contributed by atoms with Crippen molar-refractivity contribution in [2.45, 2.75) is 25.8 Å². The van der Waals surface area contributed by atoms with E-state index in [1.54, 1.807) is 22.5 Å². The highest BCUT2D eigenvalue weighted by Crippen LogP contribution is 2.30. The topological polar surface area (TPSA) is 89.4 Å². The van der Waals surface area contributed by atoms with Crippen LogP contribution in [0.3, 0.4) is 0 Å². The molecule has 0 radical (unpaired) electrons. The van der Waals surface area contributed by atoms with Crippen molar-refractivity contribution in [1.82, 2.24) is 19.4 Å². The van der Waals surface area contributed by atoms with Gasteiger partial charge in [-0.3, -0.25) is 0 Å². The summed E-state index contributed by atoms with van der Waals surface area (Å²) in [6.07, 6.45) is 2.61. The predicted octanol–water partition coefficient (Wildman–Crippen LogP) is 3.32. The average Bonchev–Trinajstić information content (AvgIpc) is 3.44. The van der Waals surface area contributed by atoms with E-state index in [2.05, 4.69) is 21.8 Å². The van der Waals surface area contributed by atoms with E-state index in [1.165, 1.54) is 18.4 Å². The Balaban J connectivity index is 1.50. The van der Waals surface area contributed by atoms with E-state index < -0.39 is 5.97 Å². The van der Waals surface area contributed by atoms with Gasteiger partial charge in [0, 0.05) is 31.7 Å². The number of aryl methyl sites for hydroxylation is 1. The van der Waals surface area contributed by atoms with Gasteiger partial charge in [0.1, 0.15) is 16.2 Å². The monoisotopic (exact) mass is 399 g/mol. The van der Waals surface area contributed by atoms with Crippen LogP contribution in [-0.4, -0.2) is 51.6 Å². The summed E-state index contributed by atoms with van der Waals surface area (Å²) < 4.78 is 6.88. The molecule has 3 aromatic heterocycles. The third-order valence-electron chi connectivity index (χ3n) is 4.97. The first-order valence-electron chi connectivity index (χ1n) is 9.15. The molecule has 9 heteroatoms. The summed E-state index contributed by atoms with van der Waals surface area (Å²) in [6, 6.07) is 5.34. The second-order valence-electron chi connectivity index (χ2n) is 6.58. The number of hydrogen-bond donors (Lipinski definition) is 1. The number of anilines is 1. The fourth-order valence-corrected chi connectivity index (χ4v) is 4.37. The molecule has 1 unspecified atom stereocenters. The molecule has 0 spiro atoms. The minimum absolute atomic E-state index is 0.155. The standard InChI is InChI=1S/C19H21N5O3S/c1-3-24-16(21-14-5-4-8-20-17(14)24)12-6-9-23(11-12)19(26)22-13-7-10-28-15(13)18(25)27-2/h4-5,7-8,10,12H,3,6,9,11H2,1-2H3,(H,22,26). The molecule has 0 aromatic carbocycles. The Morgan fingerprint density at radius 1 is 1.39 bits per heavy atom. The second-order valence-corrected chi connectivity index (χ2v) is 7.49. The smallest absolute Gasteiger partial charge is 0.350 e. The van der Waals surface area contributed by atoms with Crippen molar-refractivity contribution in [3.63, 3.8) is 0 Å². The largest absolute Gasteiger partial charge is 0.465 e. The van der Waals surface area contributed by atoms with Crippen LogP contribution in [0.2, 0.25) is 0 Å². The fourth-order valence-electron chi connectivity index (χ4n) is 3.61. The maximum Gasteiger partial charge on any atom is 0.350 e. The molecule has 4 heterocycles. The van der Waals surface area contributed by atoms with Crippen molar-refractivity contribution in [3.05, 3.63) is 40.5 Å². The zero-order valence-electron chi connectivity index (χ0n) is 15.7. The molecular formula is C19H21N5O3S. The van der Waals surface area contributed by atoms with Crippen LogP contribution in [0.4, 0.5) is 10.5 Å². The van der Waals surface area contributed by atoms with Crippen LogP contribution in [-0.2, 0) is 11.3 Å². The van der Waals surface area contributed by atoms with E-state index in [4.69, 9.17) is 9.72 Å². The van der Waals surface area contributed by atoms with Crippen molar-refractivity contribution >= 4 is 40.2 Å². The molecule has 0 saturated carbocycles. The quantitative estimate of drug-likeness (QED) is 0.680. The highest BCUT2D eigenvalue weighted by molar-refractivity contribution is 7.12. The number of carbonyl (C=O) groups is 2. The number of rotatable bonds is 4. The molecule has 1 fully saturated rings. The SMILES string of the molecule is CCn1c(C2CCN(C(=O)Nc3ccsc3C(=O)OC)C2)nc2cccnc21. The van der Waals surface area contributed by atoms with E-state index in [9.17, 15) is 9.59 Å². The van der Waals surface area contributed by atoms with Gasteiger partial charge in [0.05, 0.1) is 12.8 Å². The van der Waals surface area contributed by atoms with Crippen molar-refractivity contribution in [2.75, 3.05) is 25.5 Å². The number of imidazole rings is 1. The summed E-state index contributed by atoms with van der Waals surface area (Å²) in [5.41, 5.74) is 2.24. The van der Waals surface area contributed by atoms with Gasteiger partial charge in [0.25, 0.3) is 0 Å². The number of methoxy groups -OCH3 is 1. The van der Waals surface area contributed by atoms with Crippen LogP contribution >= 0.6 is 11.3 Å². The molecule has 1 atom stereocenters. The number of nitrogens with zero attached hydrogens (tertiary/aromatic N) is 4. The molecule has 1 aliphatic heterocycles. The van der Waals surface area contributed by atoms with E-state index in [0.29, 0.717) is 23.7 Å². The van der Waals surface area contributed by atoms with Crippen LogP contribution in [0, 0.1) is 0 Å². The summed E-state index contributed by atoms with van der Waals surface area (Å²) in [5.74, 6) is 0.675. The molecule has 8 nitrogen and oxygen atoms in total. The lowest BCUT2D eigenvalue weighted by atomic mass is 10.1. The van der Waals surface area contributed by atoms with Crippen molar-refractivity contribution in [3.8, 4) is 0 Å². The third kappa shape index (κ3) is 3.22. The molecule has 4 rings (SSSR count). The van der Waals surface area contributed by atoms with Crippen LogP contribution in [0.25, 0.3) is 11.2 Å². The maximum atomic E-state index is 12.7. The number of aromatic nitrogens is 3. The van der Waals surface area contributed by atoms with Gasteiger partial charge in [-0.2, -0.15) is 0 Å². The normalized spacial score (nSPS) is 16.5. The molecule has 0 bridgehead atoms. The maximum absolute atomic E-state index is 12.7. The average molecular weight is 399 g/mol. The Bertz CT molecular complexity index is 1030. The number of carbonyl (C=O) groups excluding carboxylic acids is 2. The Morgan fingerprint density at radius 2 is 2.25 bits per heavy atom. The Labute approximate surface area is 166 Å². The molecule has 146 valence electrons. The molecule has 1 saturated heterocycles. The van der Waals surface area contributed by atoms with Gasteiger partial charge in [0.2, 0.25) is 0 Å². The summed E-state index contributed by atoms with van der Waals surface area (Å²) >= 11 is 1.24. The number of likely N-dealkylation sites (tertiary alicyclic amines) is 1. The van der Waals surface area contributed by atoms with Crippen LogP contribution in [0.15, 0.2) is 29.8 Å². The molecule has 0 aliphatic carbocycles. The van der Waals surface area contributed by atoms with E-state index in [0.717, 1.165) is 30.0 Å². The van der Waals surface area contributed by atoms with Crippen molar-refractivity contribution in [2.24, 2.45) is 0 Å². The van der Waals surface area contributed by atoms with Crippen molar-refractivity contribution < 1.29 is 14.3 Å². The van der Waals surface area contributed by atoms with Gasteiger partial charge in [-0.05, 0) is 36.9 Å². The number of hydrogen-bond acceptors (Lipinski definition) is 6. The summed E-state index contributed by atoms with van der Waals surface area (Å²) in [7, 11) is 1.33. The number of nitrogens with one attached hydrogen (secondary N) is 1. The summed E-state index contributed by atoms with van der Waals surface area (Å²) in [6.45, 7) is 4.06.